The largest absolute Gasteiger partial charge is 0.411 e. The molecule has 0 aliphatic rings. The van der Waals surface area contributed by atoms with E-state index in [1.165, 1.54) is 0 Å². The lowest BCUT2D eigenvalue weighted by Crippen LogP contribution is -2.26. The van der Waals surface area contributed by atoms with E-state index in [1.54, 1.807) is 6.07 Å². The van der Waals surface area contributed by atoms with Crippen LogP contribution >= 0.6 is 11.6 Å². The molecule has 0 fully saturated rings. The van der Waals surface area contributed by atoms with Crippen molar-refractivity contribution in [2.75, 3.05) is 19.8 Å². The lowest BCUT2D eigenvalue weighted by Gasteiger charge is -2.15. The van der Waals surface area contributed by atoms with Crippen molar-refractivity contribution >= 4 is 11.6 Å². The Hall–Kier alpha value is -0.780. The molecule has 0 heterocycles. The molecule has 2 nitrogen and oxygen atoms in total. The summed E-state index contributed by atoms with van der Waals surface area (Å²) in [5, 5.41) is 3.68. The molecule has 1 N–H and O–H groups in total. The first-order valence-corrected chi connectivity index (χ1v) is 5.90. The van der Waals surface area contributed by atoms with Crippen molar-refractivity contribution in [3.8, 4) is 0 Å². The van der Waals surface area contributed by atoms with Crippen molar-refractivity contribution in [3.63, 3.8) is 0 Å². The first-order chi connectivity index (χ1) is 8.40. The molecule has 102 valence electrons. The maximum Gasteiger partial charge on any atom is 0.411 e. The average molecular weight is 282 g/mol. The highest BCUT2D eigenvalue weighted by Crippen LogP contribution is 2.21. The maximum atomic E-state index is 11.8. The van der Waals surface area contributed by atoms with E-state index in [2.05, 4.69) is 10.1 Å². The number of hydrogen-bond acceptors (Lipinski definition) is 2. The van der Waals surface area contributed by atoms with Crippen LogP contribution in [0, 0.1) is 0 Å². The lowest BCUT2D eigenvalue weighted by atomic mass is 10.1. The summed E-state index contributed by atoms with van der Waals surface area (Å²) in [6.45, 7) is 1.02. The van der Waals surface area contributed by atoms with E-state index in [0.717, 1.165) is 5.56 Å². The molecule has 0 aliphatic heterocycles. The molecule has 1 aromatic rings. The standard InChI is InChI=1S/C12H15ClF3NO/c1-9(10-4-2-3-5-11(10)13)17-6-7-18-8-12(14,15)16/h2-5,9,17H,6-8H2,1H3/t9-/m1/s1. The molecule has 0 saturated carbocycles. The molecule has 0 unspecified atom stereocenters. The highest BCUT2D eigenvalue weighted by Gasteiger charge is 2.27. The van der Waals surface area contributed by atoms with Crippen LogP contribution in [0.3, 0.4) is 0 Å². The zero-order chi connectivity index (χ0) is 13.6. The van der Waals surface area contributed by atoms with E-state index in [0.29, 0.717) is 11.6 Å². The molecule has 6 heteroatoms. The van der Waals surface area contributed by atoms with Gasteiger partial charge in [-0.2, -0.15) is 13.2 Å². The Bertz CT molecular complexity index is 371. The molecule has 1 aromatic carbocycles. The van der Waals surface area contributed by atoms with Crippen LogP contribution in [0.15, 0.2) is 24.3 Å². The van der Waals surface area contributed by atoms with Crippen molar-refractivity contribution in [3.05, 3.63) is 34.9 Å². The van der Waals surface area contributed by atoms with Crippen LogP contribution in [0.25, 0.3) is 0 Å². The first-order valence-electron chi connectivity index (χ1n) is 5.52. The molecule has 0 spiro atoms. The number of rotatable bonds is 6. The maximum absolute atomic E-state index is 11.8. The predicted octanol–water partition coefficient (Wildman–Crippen LogP) is 3.57. The summed E-state index contributed by atoms with van der Waals surface area (Å²) in [4.78, 5) is 0. The number of alkyl halides is 3. The quantitative estimate of drug-likeness (QED) is 0.805. The van der Waals surface area contributed by atoms with E-state index in [4.69, 9.17) is 11.6 Å². The molecule has 0 bridgehead atoms. The van der Waals surface area contributed by atoms with Crippen molar-refractivity contribution < 1.29 is 17.9 Å². The van der Waals surface area contributed by atoms with Gasteiger partial charge in [0, 0.05) is 17.6 Å². The third kappa shape index (κ3) is 5.71. The Labute approximate surface area is 109 Å². The van der Waals surface area contributed by atoms with Gasteiger partial charge >= 0.3 is 6.18 Å². The molecular weight excluding hydrogens is 267 g/mol. The number of halogens is 4. The molecule has 0 radical (unpaired) electrons. The summed E-state index contributed by atoms with van der Waals surface area (Å²) >= 11 is 6.00. The van der Waals surface area contributed by atoms with Gasteiger partial charge in [-0.3, -0.25) is 0 Å². The van der Waals surface area contributed by atoms with Crippen molar-refractivity contribution in [1.29, 1.82) is 0 Å². The molecule has 0 saturated heterocycles. The Morgan fingerprint density at radius 1 is 1.33 bits per heavy atom. The minimum atomic E-state index is -4.27. The third-order valence-corrected chi connectivity index (χ3v) is 2.68. The number of benzene rings is 1. The molecule has 1 atom stereocenters. The van der Waals surface area contributed by atoms with E-state index in [9.17, 15) is 13.2 Å². The molecule has 0 amide bonds. The Morgan fingerprint density at radius 3 is 2.61 bits per heavy atom. The summed E-state index contributed by atoms with van der Waals surface area (Å²) in [6.07, 6.45) is -4.27. The van der Waals surface area contributed by atoms with Gasteiger partial charge in [-0.15, -0.1) is 0 Å². The summed E-state index contributed by atoms with van der Waals surface area (Å²) < 4.78 is 39.9. The van der Waals surface area contributed by atoms with Crippen LogP contribution in [0.4, 0.5) is 13.2 Å². The van der Waals surface area contributed by atoms with Gasteiger partial charge < -0.3 is 10.1 Å². The van der Waals surface area contributed by atoms with Crippen molar-refractivity contribution in [1.82, 2.24) is 5.32 Å². The highest BCUT2D eigenvalue weighted by atomic mass is 35.5. The van der Waals surface area contributed by atoms with Crippen LogP contribution in [-0.2, 0) is 4.74 Å². The number of hydrogen-bond donors (Lipinski definition) is 1. The topological polar surface area (TPSA) is 21.3 Å². The zero-order valence-corrected chi connectivity index (χ0v) is 10.7. The van der Waals surface area contributed by atoms with Gasteiger partial charge in [-0.05, 0) is 18.6 Å². The Balaban J connectivity index is 2.26. The summed E-state index contributed by atoms with van der Waals surface area (Å²) in [5.74, 6) is 0. The van der Waals surface area contributed by atoms with E-state index >= 15 is 0 Å². The van der Waals surface area contributed by atoms with Gasteiger partial charge in [0.1, 0.15) is 6.61 Å². The van der Waals surface area contributed by atoms with Gasteiger partial charge in [-0.1, -0.05) is 29.8 Å². The van der Waals surface area contributed by atoms with Crippen molar-refractivity contribution in [2.45, 2.75) is 19.1 Å². The van der Waals surface area contributed by atoms with Gasteiger partial charge in [-0.25, -0.2) is 0 Å². The minimum Gasteiger partial charge on any atom is -0.371 e. The van der Waals surface area contributed by atoms with Crippen LogP contribution in [0.1, 0.15) is 18.5 Å². The predicted molar refractivity (Wildman–Crippen MR) is 64.7 cm³/mol. The SMILES string of the molecule is C[C@@H](NCCOCC(F)(F)F)c1ccccc1Cl. The second-order valence-corrected chi connectivity index (χ2v) is 4.27. The lowest BCUT2D eigenvalue weighted by molar-refractivity contribution is -0.173. The van der Waals surface area contributed by atoms with Crippen LogP contribution in [0.5, 0.6) is 0 Å². The normalized spacial score (nSPS) is 13.6. The smallest absolute Gasteiger partial charge is 0.371 e. The van der Waals surface area contributed by atoms with Crippen molar-refractivity contribution in [2.24, 2.45) is 0 Å². The molecule has 0 aromatic heterocycles. The first kappa shape index (κ1) is 15.3. The highest BCUT2D eigenvalue weighted by molar-refractivity contribution is 6.31. The van der Waals surface area contributed by atoms with Gasteiger partial charge in [0.15, 0.2) is 0 Å². The number of ether oxygens (including phenoxy) is 1. The fourth-order valence-corrected chi connectivity index (χ4v) is 1.77. The fraction of sp³-hybridized carbons (Fsp3) is 0.500. The molecule has 0 aliphatic carbocycles. The number of nitrogens with one attached hydrogen (secondary N) is 1. The van der Waals surface area contributed by atoms with Crippen LogP contribution in [-0.4, -0.2) is 25.9 Å². The Kier molecular flexibility index (Phi) is 5.91. The second-order valence-electron chi connectivity index (χ2n) is 3.87. The monoisotopic (exact) mass is 281 g/mol. The molecule has 18 heavy (non-hydrogen) atoms. The molecule has 1 rings (SSSR count). The fourth-order valence-electron chi connectivity index (χ4n) is 1.47. The van der Waals surface area contributed by atoms with Crippen LogP contribution < -0.4 is 5.32 Å². The van der Waals surface area contributed by atoms with Gasteiger partial charge in [0.2, 0.25) is 0 Å². The third-order valence-electron chi connectivity index (χ3n) is 2.33. The summed E-state index contributed by atoms with van der Waals surface area (Å²) in [6, 6.07) is 7.30. The van der Waals surface area contributed by atoms with E-state index in [-0.39, 0.29) is 12.6 Å². The average Bonchev–Trinajstić information content (AvgIpc) is 2.27. The van der Waals surface area contributed by atoms with Gasteiger partial charge in [0.25, 0.3) is 0 Å². The van der Waals surface area contributed by atoms with Crippen LogP contribution in [0.2, 0.25) is 5.02 Å². The summed E-state index contributed by atoms with van der Waals surface area (Å²) in [5.41, 5.74) is 0.912. The minimum absolute atomic E-state index is 0.00824. The Morgan fingerprint density at radius 2 is 2.00 bits per heavy atom. The second kappa shape index (κ2) is 6.97. The summed E-state index contributed by atoms with van der Waals surface area (Å²) in [7, 11) is 0. The zero-order valence-electron chi connectivity index (χ0n) is 9.93. The van der Waals surface area contributed by atoms with E-state index in [1.807, 2.05) is 25.1 Å². The van der Waals surface area contributed by atoms with Gasteiger partial charge in [0.05, 0.1) is 6.61 Å². The molecular formula is C12H15ClF3NO. The van der Waals surface area contributed by atoms with E-state index < -0.39 is 12.8 Å².